The SMILES string of the molecule is CN(C)c1ccnc(N[C@H]2CC[C@@H](NC(=O)Cc3ccc(F)c(F)c3)CC2)n1.Cl. The zero-order chi connectivity index (χ0) is 20.1. The highest BCUT2D eigenvalue weighted by atomic mass is 35.5. The molecule has 0 bridgehead atoms. The Kier molecular flexibility index (Phi) is 8.13. The maximum Gasteiger partial charge on any atom is 0.224 e. The number of benzene rings is 1. The molecule has 0 radical (unpaired) electrons. The number of hydrogen-bond donors (Lipinski definition) is 2. The summed E-state index contributed by atoms with van der Waals surface area (Å²) in [4.78, 5) is 22.8. The molecule has 1 aromatic heterocycles. The van der Waals surface area contributed by atoms with Crippen molar-refractivity contribution in [3.05, 3.63) is 47.7 Å². The number of amides is 1. The van der Waals surface area contributed by atoms with Crippen LogP contribution in [-0.4, -0.2) is 42.1 Å². The van der Waals surface area contributed by atoms with E-state index in [0.29, 0.717) is 11.5 Å². The summed E-state index contributed by atoms with van der Waals surface area (Å²) in [5.41, 5.74) is 0.463. The molecule has 1 saturated carbocycles. The van der Waals surface area contributed by atoms with E-state index in [4.69, 9.17) is 0 Å². The van der Waals surface area contributed by atoms with E-state index in [1.165, 1.54) is 6.07 Å². The Bertz CT molecular complexity index is 828. The highest BCUT2D eigenvalue weighted by Crippen LogP contribution is 2.22. The summed E-state index contributed by atoms with van der Waals surface area (Å²) in [6, 6.07) is 5.74. The summed E-state index contributed by atoms with van der Waals surface area (Å²) < 4.78 is 26.2. The second kappa shape index (κ2) is 10.3. The molecule has 1 aliphatic carbocycles. The van der Waals surface area contributed by atoms with Crippen LogP contribution in [-0.2, 0) is 11.2 Å². The van der Waals surface area contributed by atoms with Gasteiger partial charge >= 0.3 is 0 Å². The van der Waals surface area contributed by atoms with Crippen molar-refractivity contribution in [3.8, 4) is 0 Å². The Hall–Kier alpha value is -2.48. The minimum atomic E-state index is -0.933. The van der Waals surface area contributed by atoms with Gasteiger partial charge in [0.05, 0.1) is 6.42 Å². The Morgan fingerprint density at radius 2 is 1.79 bits per heavy atom. The van der Waals surface area contributed by atoms with Crippen LogP contribution >= 0.6 is 12.4 Å². The first-order chi connectivity index (χ1) is 13.4. The van der Waals surface area contributed by atoms with Gasteiger partial charge in [-0.1, -0.05) is 6.07 Å². The lowest BCUT2D eigenvalue weighted by molar-refractivity contribution is -0.121. The third-order valence-electron chi connectivity index (χ3n) is 4.87. The van der Waals surface area contributed by atoms with E-state index in [1.807, 2.05) is 25.1 Å². The molecule has 1 amide bonds. The van der Waals surface area contributed by atoms with Gasteiger partial charge in [-0.05, 0) is 49.4 Å². The number of anilines is 2. The number of nitrogens with one attached hydrogen (secondary N) is 2. The van der Waals surface area contributed by atoms with Crippen molar-refractivity contribution in [2.75, 3.05) is 24.3 Å². The average Bonchev–Trinajstić information content (AvgIpc) is 2.66. The molecule has 0 spiro atoms. The Balaban J connectivity index is 0.00000300. The van der Waals surface area contributed by atoms with Gasteiger partial charge in [0.15, 0.2) is 11.6 Å². The molecular weight excluding hydrogens is 400 g/mol. The van der Waals surface area contributed by atoms with Crippen molar-refractivity contribution in [3.63, 3.8) is 0 Å². The summed E-state index contributed by atoms with van der Waals surface area (Å²) in [5, 5.41) is 6.35. The molecule has 0 unspecified atom stereocenters. The van der Waals surface area contributed by atoms with Gasteiger partial charge in [-0.25, -0.2) is 13.8 Å². The smallest absolute Gasteiger partial charge is 0.224 e. The van der Waals surface area contributed by atoms with E-state index in [2.05, 4.69) is 20.6 Å². The Morgan fingerprint density at radius 1 is 1.10 bits per heavy atom. The van der Waals surface area contributed by atoms with Crippen LogP contribution in [0.25, 0.3) is 0 Å². The van der Waals surface area contributed by atoms with Gasteiger partial charge < -0.3 is 15.5 Å². The number of carbonyl (C=O) groups is 1. The molecule has 1 heterocycles. The van der Waals surface area contributed by atoms with E-state index < -0.39 is 11.6 Å². The maximum atomic E-state index is 13.3. The molecule has 1 fully saturated rings. The van der Waals surface area contributed by atoms with Gasteiger partial charge in [0, 0.05) is 32.4 Å². The van der Waals surface area contributed by atoms with E-state index in [-0.39, 0.29) is 36.8 Å². The van der Waals surface area contributed by atoms with Crippen LogP contribution in [0, 0.1) is 11.6 Å². The molecule has 2 N–H and O–H groups in total. The van der Waals surface area contributed by atoms with Crippen molar-refractivity contribution in [1.29, 1.82) is 0 Å². The molecular formula is C20H26ClF2N5O. The molecule has 6 nitrogen and oxygen atoms in total. The number of rotatable bonds is 6. The molecule has 0 atom stereocenters. The summed E-state index contributed by atoms with van der Waals surface area (Å²) in [6.07, 6.45) is 5.25. The number of halogens is 3. The van der Waals surface area contributed by atoms with Gasteiger partial charge in [0.2, 0.25) is 11.9 Å². The molecule has 0 saturated heterocycles. The van der Waals surface area contributed by atoms with Crippen LogP contribution in [0.4, 0.5) is 20.5 Å². The van der Waals surface area contributed by atoms with Crippen LogP contribution in [0.5, 0.6) is 0 Å². The van der Waals surface area contributed by atoms with Crippen LogP contribution in [0.15, 0.2) is 30.5 Å². The minimum absolute atomic E-state index is 0. The standard InChI is InChI=1S/C20H25F2N5O.ClH/c1-27(2)18-9-10-23-20(26-18)25-15-6-4-14(5-7-15)24-19(28)12-13-3-8-16(21)17(22)11-13;/h3,8-11,14-15H,4-7,12H2,1-2H3,(H,24,28)(H,23,25,26);1H/t14-,15+;. The van der Waals surface area contributed by atoms with Crippen LogP contribution in [0.2, 0.25) is 0 Å². The number of hydrogen-bond acceptors (Lipinski definition) is 5. The van der Waals surface area contributed by atoms with E-state index in [0.717, 1.165) is 43.6 Å². The minimum Gasteiger partial charge on any atom is -0.363 e. The summed E-state index contributed by atoms with van der Waals surface area (Å²) in [5.74, 6) is -0.565. The molecule has 158 valence electrons. The third-order valence-corrected chi connectivity index (χ3v) is 4.87. The fourth-order valence-electron chi connectivity index (χ4n) is 3.35. The third kappa shape index (κ3) is 6.52. The van der Waals surface area contributed by atoms with E-state index >= 15 is 0 Å². The van der Waals surface area contributed by atoms with E-state index in [1.54, 1.807) is 6.20 Å². The molecule has 9 heteroatoms. The fourth-order valence-corrected chi connectivity index (χ4v) is 3.35. The van der Waals surface area contributed by atoms with E-state index in [9.17, 15) is 13.6 Å². The topological polar surface area (TPSA) is 70.2 Å². The Morgan fingerprint density at radius 3 is 2.45 bits per heavy atom. The maximum absolute atomic E-state index is 13.3. The molecule has 2 aromatic rings. The summed E-state index contributed by atoms with van der Waals surface area (Å²) in [6.45, 7) is 0. The molecule has 1 aliphatic rings. The van der Waals surface area contributed by atoms with Crippen molar-refractivity contribution in [1.82, 2.24) is 15.3 Å². The predicted molar refractivity (Wildman–Crippen MR) is 111 cm³/mol. The van der Waals surface area contributed by atoms with Crippen LogP contribution < -0.4 is 15.5 Å². The van der Waals surface area contributed by atoms with Gasteiger partial charge in [-0.3, -0.25) is 4.79 Å². The van der Waals surface area contributed by atoms with Crippen molar-refractivity contribution in [2.45, 2.75) is 44.2 Å². The monoisotopic (exact) mass is 425 g/mol. The second-order valence-electron chi connectivity index (χ2n) is 7.32. The largest absolute Gasteiger partial charge is 0.363 e. The van der Waals surface area contributed by atoms with Gasteiger partial charge in [-0.2, -0.15) is 4.98 Å². The first-order valence-corrected chi connectivity index (χ1v) is 9.41. The molecule has 3 rings (SSSR count). The van der Waals surface area contributed by atoms with Gasteiger partial charge in [-0.15, -0.1) is 12.4 Å². The number of carbonyl (C=O) groups excluding carboxylic acids is 1. The molecule has 1 aromatic carbocycles. The molecule has 0 aliphatic heterocycles. The van der Waals surface area contributed by atoms with Crippen molar-refractivity contribution < 1.29 is 13.6 Å². The van der Waals surface area contributed by atoms with Crippen molar-refractivity contribution >= 4 is 30.1 Å². The summed E-state index contributed by atoms with van der Waals surface area (Å²) >= 11 is 0. The zero-order valence-corrected chi connectivity index (χ0v) is 17.3. The average molecular weight is 426 g/mol. The zero-order valence-electron chi connectivity index (χ0n) is 16.5. The summed E-state index contributed by atoms with van der Waals surface area (Å²) in [7, 11) is 3.86. The normalized spacial score (nSPS) is 18.5. The quantitative estimate of drug-likeness (QED) is 0.743. The Labute approximate surface area is 175 Å². The van der Waals surface area contributed by atoms with Crippen molar-refractivity contribution in [2.24, 2.45) is 0 Å². The first-order valence-electron chi connectivity index (χ1n) is 9.41. The highest BCUT2D eigenvalue weighted by molar-refractivity contribution is 5.85. The highest BCUT2D eigenvalue weighted by Gasteiger charge is 2.23. The number of nitrogens with zero attached hydrogens (tertiary/aromatic N) is 3. The lowest BCUT2D eigenvalue weighted by Gasteiger charge is -2.29. The van der Waals surface area contributed by atoms with Gasteiger partial charge in [0.1, 0.15) is 5.82 Å². The molecule has 29 heavy (non-hydrogen) atoms. The second-order valence-corrected chi connectivity index (χ2v) is 7.32. The first kappa shape index (κ1) is 22.8. The number of aromatic nitrogens is 2. The lowest BCUT2D eigenvalue weighted by Crippen LogP contribution is -2.40. The van der Waals surface area contributed by atoms with Crippen LogP contribution in [0.1, 0.15) is 31.2 Å². The lowest BCUT2D eigenvalue weighted by atomic mass is 9.91. The predicted octanol–water partition coefficient (Wildman–Crippen LogP) is 3.32. The van der Waals surface area contributed by atoms with Crippen LogP contribution in [0.3, 0.4) is 0 Å². The fraction of sp³-hybridized carbons (Fsp3) is 0.450. The van der Waals surface area contributed by atoms with Gasteiger partial charge in [0.25, 0.3) is 0 Å².